The van der Waals surface area contributed by atoms with E-state index in [0.29, 0.717) is 0 Å². The van der Waals surface area contributed by atoms with E-state index in [1.807, 2.05) is 12.2 Å². The maximum atomic E-state index is 12.5. The normalized spacial score (nSPS) is 31.3. The molecule has 0 aromatic carbocycles. The van der Waals surface area contributed by atoms with Gasteiger partial charge < -0.3 is 33.9 Å². The number of aliphatic hydroxyl groups excluding tert-OH is 1. The summed E-state index contributed by atoms with van der Waals surface area (Å²) in [6.45, 7) is 14.9. The highest BCUT2D eigenvalue weighted by atomic mass is 16.8. The van der Waals surface area contributed by atoms with Crippen LogP contribution in [0.5, 0.6) is 0 Å². The summed E-state index contributed by atoms with van der Waals surface area (Å²) in [6, 6.07) is 0. The number of hydrogen-bond acceptors (Lipinski definition) is 10. The largest absolute Gasteiger partial charge is 0.509 e. The molecule has 0 amide bonds. The maximum Gasteiger partial charge on any atom is 0.509 e. The van der Waals surface area contributed by atoms with Crippen LogP contribution in [-0.2, 0) is 28.5 Å². The molecule has 3 rings (SSSR count). The lowest BCUT2D eigenvalue weighted by Crippen LogP contribution is -2.44. The number of rotatable bonds is 10. The molecule has 2 N–H and O–H groups in total. The van der Waals surface area contributed by atoms with E-state index in [1.165, 1.54) is 11.1 Å². The third kappa shape index (κ3) is 9.05. The van der Waals surface area contributed by atoms with Crippen LogP contribution in [-0.4, -0.2) is 71.7 Å². The molecule has 1 aliphatic heterocycles. The average molecular weight is 619 g/mol. The summed E-state index contributed by atoms with van der Waals surface area (Å²) < 4.78 is 25.7. The van der Waals surface area contributed by atoms with E-state index in [4.69, 9.17) is 23.7 Å². The summed E-state index contributed by atoms with van der Waals surface area (Å²) in [5, 5.41) is 20.9. The Hall–Kier alpha value is -2.95. The Bertz CT molecular complexity index is 1180. The maximum absolute atomic E-state index is 12.5. The van der Waals surface area contributed by atoms with Gasteiger partial charge in [0.1, 0.15) is 31.0 Å². The highest BCUT2D eigenvalue weighted by molar-refractivity contribution is 5.92. The molecule has 1 heterocycles. The quantitative estimate of drug-likeness (QED) is 0.223. The zero-order chi connectivity index (χ0) is 32.9. The van der Waals surface area contributed by atoms with Crippen molar-refractivity contribution in [2.45, 2.75) is 111 Å². The Morgan fingerprint density at radius 2 is 1.36 bits per heavy atom. The highest BCUT2D eigenvalue weighted by Gasteiger charge is 2.55. The first-order chi connectivity index (χ1) is 20.4. The molecule has 10 nitrogen and oxygen atoms in total. The van der Waals surface area contributed by atoms with Crippen LogP contribution in [0.2, 0.25) is 0 Å². The van der Waals surface area contributed by atoms with Crippen molar-refractivity contribution in [1.82, 2.24) is 0 Å². The van der Waals surface area contributed by atoms with Crippen molar-refractivity contribution in [3.8, 4) is 0 Å². The third-order valence-electron chi connectivity index (χ3n) is 8.99. The standard InChI is InChI=1S/C34H50O10/c1-21-11-9-17-32(5,6)25(21)15-13-23(3)42-30(37)40-19-27-28(35)29(36)34(39,44-27)20-41-31(38)43-24(4)14-16-26-22(2)12-10-18-33(26,7)8/h11-16,23-28,35,39H,9-10,17-20H2,1-8H3/b15-13+,16-14+/t23?,24?,25?,26?,27-,28-,34+/m1/s1. The van der Waals surface area contributed by atoms with Crippen LogP contribution in [0, 0.1) is 22.7 Å². The van der Waals surface area contributed by atoms with Crippen molar-refractivity contribution in [3.05, 3.63) is 47.6 Å². The minimum atomic E-state index is -2.63. The fourth-order valence-corrected chi connectivity index (χ4v) is 6.26. The van der Waals surface area contributed by atoms with Crippen LogP contribution < -0.4 is 0 Å². The predicted octanol–water partition coefficient (Wildman–Crippen LogP) is 5.96. The van der Waals surface area contributed by atoms with Gasteiger partial charge in [0.05, 0.1) is 0 Å². The van der Waals surface area contributed by atoms with Crippen LogP contribution in [0.4, 0.5) is 9.59 Å². The van der Waals surface area contributed by atoms with E-state index in [9.17, 15) is 24.6 Å². The van der Waals surface area contributed by atoms with Crippen molar-refractivity contribution in [2.24, 2.45) is 22.7 Å². The SMILES string of the molecule is CC1=CCCC(C)(C)C1/C=C/C(C)OC(=O)OC[C@H]1O[C@@](O)(COC(=O)OC(C)/C=C/C2C(C)=CCCC2(C)C)C(=O)[C@@H]1O. The number of ether oxygens (including phenoxy) is 5. The molecule has 246 valence electrons. The van der Waals surface area contributed by atoms with E-state index in [1.54, 1.807) is 26.0 Å². The highest BCUT2D eigenvalue weighted by Crippen LogP contribution is 2.42. The third-order valence-corrected chi connectivity index (χ3v) is 8.99. The van der Waals surface area contributed by atoms with Gasteiger partial charge in [0, 0.05) is 11.8 Å². The molecular weight excluding hydrogens is 568 g/mol. The molecule has 2 aliphatic carbocycles. The topological polar surface area (TPSA) is 138 Å². The van der Waals surface area contributed by atoms with Crippen molar-refractivity contribution in [2.75, 3.05) is 13.2 Å². The van der Waals surface area contributed by atoms with Gasteiger partial charge in [-0.3, -0.25) is 4.79 Å². The summed E-state index contributed by atoms with van der Waals surface area (Å²) in [7, 11) is 0. The zero-order valence-electron chi connectivity index (χ0n) is 27.3. The molecule has 0 saturated carbocycles. The van der Waals surface area contributed by atoms with E-state index < -0.39 is 61.5 Å². The van der Waals surface area contributed by atoms with Crippen molar-refractivity contribution >= 4 is 18.1 Å². The first kappa shape index (κ1) is 35.5. The van der Waals surface area contributed by atoms with Crippen molar-refractivity contribution in [3.63, 3.8) is 0 Å². The van der Waals surface area contributed by atoms with E-state index in [2.05, 4.69) is 53.7 Å². The first-order valence-corrected chi connectivity index (χ1v) is 15.4. The smallest absolute Gasteiger partial charge is 0.431 e. The summed E-state index contributed by atoms with van der Waals surface area (Å²) in [4.78, 5) is 37.0. The fourth-order valence-electron chi connectivity index (χ4n) is 6.26. The zero-order valence-corrected chi connectivity index (χ0v) is 27.3. The van der Waals surface area contributed by atoms with Gasteiger partial charge in [0.2, 0.25) is 5.78 Å². The lowest BCUT2D eigenvalue weighted by molar-refractivity contribution is -0.216. The van der Waals surface area contributed by atoms with E-state index in [0.717, 1.165) is 25.7 Å². The molecule has 10 heteroatoms. The number of Topliss-reactive ketones (excluding diaryl/α,β-unsaturated/α-hetero) is 1. The Morgan fingerprint density at radius 1 is 0.909 bits per heavy atom. The summed E-state index contributed by atoms with van der Waals surface area (Å²) in [5.41, 5.74) is 2.70. The van der Waals surface area contributed by atoms with E-state index in [-0.39, 0.29) is 22.7 Å². The molecule has 1 saturated heterocycles. The van der Waals surface area contributed by atoms with Gasteiger partial charge >= 0.3 is 12.3 Å². The second-order valence-corrected chi connectivity index (χ2v) is 13.7. The molecule has 3 aliphatic rings. The molecule has 0 bridgehead atoms. The lowest BCUT2D eigenvalue weighted by Gasteiger charge is -2.36. The molecule has 1 fully saturated rings. The number of allylic oxidation sites excluding steroid dienone is 6. The Labute approximate surface area is 261 Å². The second-order valence-electron chi connectivity index (χ2n) is 13.7. The Morgan fingerprint density at radius 3 is 1.82 bits per heavy atom. The summed E-state index contributed by atoms with van der Waals surface area (Å²) >= 11 is 0. The summed E-state index contributed by atoms with van der Waals surface area (Å²) in [6.07, 6.45) is 9.65. The lowest BCUT2D eigenvalue weighted by atomic mass is 9.68. The fraction of sp³-hybridized carbons (Fsp3) is 0.676. The van der Waals surface area contributed by atoms with Crippen LogP contribution >= 0.6 is 0 Å². The molecule has 44 heavy (non-hydrogen) atoms. The van der Waals surface area contributed by atoms with Crippen molar-refractivity contribution < 1.29 is 48.3 Å². The van der Waals surface area contributed by atoms with Gasteiger partial charge in [-0.25, -0.2) is 9.59 Å². The van der Waals surface area contributed by atoms with Crippen LogP contribution in [0.1, 0.15) is 81.1 Å². The van der Waals surface area contributed by atoms with Crippen LogP contribution in [0.3, 0.4) is 0 Å². The average Bonchev–Trinajstić information content (AvgIpc) is 3.13. The van der Waals surface area contributed by atoms with Gasteiger partial charge in [0.25, 0.3) is 5.79 Å². The van der Waals surface area contributed by atoms with Crippen molar-refractivity contribution in [1.29, 1.82) is 0 Å². The number of hydrogen-bond donors (Lipinski definition) is 2. The minimum Gasteiger partial charge on any atom is -0.431 e. The molecule has 0 aromatic rings. The molecule has 7 atom stereocenters. The Balaban J connectivity index is 1.44. The van der Waals surface area contributed by atoms with E-state index >= 15 is 0 Å². The Kier molecular flexibility index (Phi) is 11.7. The number of carbonyl (C=O) groups excluding carboxylic acids is 3. The summed E-state index contributed by atoms with van der Waals surface area (Å²) in [5.74, 6) is -3.33. The molecule has 0 aromatic heterocycles. The molecule has 0 spiro atoms. The van der Waals surface area contributed by atoms with Crippen LogP contribution in [0.15, 0.2) is 47.6 Å². The van der Waals surface area contributed by atoms with Gasteiger partial charge in [-0.05, 0) is 76.4 Å². The monoisotopic (exact) mass is 618 g/mol. The number of ketones is 1. The van der Waals surface area contributed by atoms with Gasteiger partial charge in [-0.2, -0.15) is 0 Å². The molecular formula is C34H50O10. The number of carbonyl (C=O) groups is 3. The number of aliphatic hydroxyl groups is 2. The first-order valence-electron chi connectivity index (χ1n) is 15.4. The minimum absolute atomic E-state index is 0.0785. The van der Waals surface area contributed by atoms with Gasteiger partial charge in [-0.1, -0.05) is 63.1 Å². The second kappa shape index (κ2) is 14.4. The predicted molar refractivity (Wildman–Crippen MR) is 163 cm³/mol. The van der Waals surface area contributed by atoms with Gasteiger partial charge in [-0.15, -0.1) is 0 Å². The van der Waals surface area contributed by atoms with Gasteiger partial charge in [0.15, 0.2) is 6.61 Å². The van der Waals surface area contributed by atoms with Crippen LogP contribution in [0.25, 0.3) is 0 Å². The molecule has 4 unspecified atom stereocenters. The molecule has 0 radical (unpaired) electrons.